The summed E-state index contributed by atoms with van der Waals surface area (Å²) in [5, 5.41) is 14.1. The van der Waals surface area contributed by atoms with Crippen molar-refractivity contribution in [1.82, 2.24) is 10.1 Å². The molecule has 0 saturated heterocycles. The van der Waals surface area contributed by atoms with Crippen LogP contribution in [-0.2, 0) is 14.8 Å². The van der Waals surface area contributed by atoms with Gasteiger partial charge >= 0.3 is 0 Å². The summed E-state index contributed by atoms with van der Waals surface area (Å²) in [5.41, 5.74) is 2.55. The van der Waals surface area contributed by atoms with Gasteiger partial charge in [-0.2, -0.15) is 5.10 Å². The van der Waals surface area contributed by atoms with E-state index in [1.165, 1.54) is 0 Å². The van der Waals surface area contributed by atoms with Crippen LogP contribution in [0.4, 0.5) is 5.69 Å². The maximum absolute atomic E-state index is 11.9. The number of nitrogens with one attached hydrogen (secondary N) is 2. The second kappa shape index (κ2) is 6.90. The van der Waals surface area contributed by atoms with Gasteiger partial charge in [-0.3, -0.25) is 14.9 Å². The normalized spacial score (nSPS) is 10.8. The molecule has 10 heteroatoms. The SMILES string of the molecule is CC(C)=NNC(=O)CNS(=O)(=O)c1ccc([N+](=O)[O-])cc1. The van der Waals surface area contributed by atoms with Crippen LogP contribution in [0.2, 0.25) is 0 Å². The highest BCUT2D eigenvalue weighted by Gasteiger charge is 2.16. The summed E-state index contributed by atoms with van der Waals surface area (Å²) in [4.78, 5) is 21.0. The molecule has 0 fully saturated rings. The Morgan fingerprint density at radius 3 is 2.33 bits per heavy atom. The Hall–Kier alpha value is -2.33. The van der Waals surface area contributed by atoms with Gasteiger partial charge in [0.2, 0.25) is 10.0 Å². The van der Waals surface area contributed by atoms with Gasteiger partial charge in [-0.25, -0.2) is 18.6 Å². The molecule has 0 heterocycles. The van der Waals surface area contributed by atoms with E-state index in [1.54, 1.807) is 13.8 Å². The van der Waals surface area contributed by atoms with Gasteiger partial charge in [-0.1, -0.05) is 0 Å². The van der Waals surface area contributed by atoms with Crippen LogP contribution in [0.1, 0.15) is 13.8 Å². The third-order valence-electron chi connectivity index (χ3n) is 2.18. The highest BCUT2D eigenvalue weighted by atomic mass is 32.2. The second-order valence-corrected chi connectivity index (χ2v) is 5.94. The number of sulfonamides is 1. The fourth-order valence-electron chi connectivity index (χ4n) is 1.20. The number of nitro groups is 1. The number of carbonyl (C=O) groups is 1. The first-order valence-electron chi connectivity index (χ1n) is 5.76. The molecular formula is C11H14N4O5S. The zero-order valence-corrected chi connectivity index (χ0v) is 12.2. The Kier molecular flexibility index (Phi) is 5.50. The van der Waals surface area contributed by atoms with Gasteiger partial charge in [0.25, 0.3) is 11.6 Å². The van der Waals surface area contributed by atoms with E-state index in [2.05, 4.69) is 15.2 Å². The van der Waals surface area contributed by atoms with Gasteiger partial charge in [0, 0.05) is 17.8 Å². The van der Waals surface area contributed by atoms with Crippen molar-refractivity contribution in [3.05, 3.63) is 34.4 Å². The minimum atomic E-state index is -3.92. The largest absolute Gasteiger partial charge is 0.272 e. The molecule has 0 aliphatic carbocycles. The molecule has 0 unspecified atom stereocenters. The Bertz CT molecular complexity index is 662. The summed E-state index contributed by atoms with van der Waals surface area (Å²) in [7, 11) is -3.92. The third-order valence-corrected chi connectivity index (χ3v) is 3.60. The highest BCUT2D eigenvalue weighted by molar-refractivity contribution is 7.89. The number of nitrogens with zero attached hydrogens (tertiary/aromatic N) is 2. The first kappa shape index (κ1) is 16.7. The maximum Gasteiger partial charge on any atom is 0.269 e. The number of benzene rings is 1. The van der Waals surface area contributed by atoms with Crippen molar-refractivity contribution in [1.29, 1.82) is 0 Å². The predicted molar refractivity (Wildman–Crippen MR) is 75.2 cm³/mol. The fraction of sp³-hybridized carbons (Fsp3) is 0.273. The average Bonchev–Trinajstić information content (AvgIpc) is 2.43. The molecule has 0 aliphatic rings. The number of rotatable bonds is 6. The maximum atomic E-state index is 11.9. The van der Waals surface area contributed by atoms with E-state index in [0.29, 0.717) is 5.71 Å². The van der Waals surface area contributed by atoms with Crippen molar-refractivity contribution in [3.8, 4) is 0 Å². The van der Waals surface area contributed by atoms with Crippen LogP contribution in [0, 0.1) is 10.1 Å². The van der Waals surface area contributed by atoms with E-state index in [1.807, 2.05) is 0 Å². The third kappa shape index (κ3) is 5.28. The molecular weight excluding hydrogens is 300 g/mol. The molecule has 0 bridgehead atoms. The molecule has 0 atom stereocenters. The number of non-ortho nitro benzene ring substituents is 1. The Balaban J connectivity index is 2.71. The second-order valence-electron chi connectivity index (χ2n) is 4.17. The van der Waals surface area contributed by atoms with E-state index >= 15 is 0 Å². The standard InChI is InChI=1S/C11H14N4O5S/c1-8(2)13-14-11(16)7-12-21(19,20)10-5-3-9(4-6-10)15(17)18/h3-6,12H,7H2,1-2H3,(H,14,16). The summed E-state index contributed by atoms with van der Waals surface area (Å²) in [6, 6.07) is 4.32. The molecule has 1 aromatic rings. The zero-order valence-electron chi connectivity index (χ0n) is 11.4. The monoisotopic (exact) mass is 314 g/mol. The molecule has 0 aromatic heterocycles. The number of carbonyl (C=O) groups excluding carboxylic acids is 1. The highest BCUT2D eigenvalue weighted by Crippen LogP contribution is 2.15. The molecule has 1 rings (SSSR count). The van der Waals surface area contributed by atoms with Gasteiger partial charge in [-0.15, -0.1) is 0 Å². The van der Waals surface area contributed by atoms with Gasteiger partial charge in [-0.05, 0) is 26.0 Å². The van der Waals surface area contributed by atoms with Gasteiger partial charge in [0.1, 0.15) is 0 Å². The van der Waals surface area contributed by atoms with Crippen LogP contribution < -0.4 is 10.1 Å². The van der Waals surface area contributed by atoms with E-state index in [9.17, 15) is 23.3 Å². The van der Waals surface area contributed by atoms with E-state index in [-0.39, 0.29) is 10.6 Å². The van der Waals surface area contributed by atoms with E-state index in [4.69, 9.17) is 0 Å². The topological polar surface area (TPSA) is 131 Å². The van der Waals surface area contributed by atoms with Crippen molar-refractivity contribution in [2.24, 2.45) is 5.10 Å². The van der Waals surface area contributed by atoms with Crippen molar-refractivity contribution >= 4 is 27.3 Å². The first-order chi connectivity index (χ1) is 9.72. The number of hydrogen-bond donors (Lipinski definition) is 2. The molecule has 21 heavy (non-hydrogen) atoms. The Morgan fingerprint density at radius 2 is 1.86 bits per heavy atom. The van der Waals surface area contributed by atoms with Crippen molar-refractivity contribution in [2.75, 3.05) is 6.54 Å². The summed E-state index contributed by atoms with van der Waals surface area (Å²) < 4.78 is 25.8. The van der Waals surface area contributed by atoms with Crippen LogP contribution in [0.3, 0.4) is 0 Å². The molecule has 0 spiro atoms. The molecule has 0 saturated carbocycles. The number of hydrazone groups is 1. The number of nitro benzene ring substituents is 1. The Morgan fingerprint density at radius 1 is 1.29 bits per heavy atom. The van der Waals surface area contributed by atoms with Crippen LogP contribution in [0.15, 0.2) is 34.3 Å². The summed E-state index contributed by atoms with van der Waals surface area (Å²) in [6.07, 6.45) is 0. The summed E-state index contributed by atoms with van der Waals surface area (Å²) in [6.45, 7) is 2.85. The van der Waals surface area contributed by atoms with Crippen LogP contribution in [0.5, 0.6) is 0 Å². The minimum absolute atomic E-state index is 0.170. The summed E-state index contributed by atoms with van der Waals surface area (Å²) in [5.74, 6) is -0.623. The average molecular weight is 314 g/mol. The first-order valence-corrected chi connectivity index (χ1v) is 7.24. The van der Waals surface area contributed by atoms with Crippen LogP contribution >= 0.6 is 0 Å². The lowest BCUT2D eigenvalue weighted by Gasteiger charge is -2.05. The van der Waals surface area contributed by atoms with Crippen molar-refractivity contribution < 1.29 is 18.1 Å². The lowest BCUT2D eigenvalue weighted by atomic mass is 10.3. The van der Waals surface area contributed by atoms with Crippen LogP contribution in [-0.4, -0.2) is 31.5 Å². The van der Waals surface area contributed by atoms with Gasteiger partial charge < -0.3 is 0 Å². The number of amides is 1. The lowest BCUT2D eigenvalue weighted by Crippen LogP contribution is -2.35. The molecule has 1 aromatic carbocycles. The molecule has 1 amide bonds. The molecule has 0 aliphatic heterocycles. The van der Waals surface area contributed by atoms with Gasteiger partial charge in [0.15, 0.2) is 0 Å². The fourth-order valence-corrected chi connectivity index (χ4v) is 2.19. The molecule has 114 valence electrons. The van der Waals surface area contributed by atoms with Crippen molar-refractivity contribution in [2.45, 2.75) is 18.7 Å². The van der Waals surface area contributed by atoms with Crippen molar-refractivity contribution in [3.63, 3.8) is 0 Å². The quantitative estimate of drug-likeness (QED) is 0.445. The lowest BCUT2D eigenvalue weighted by molar-refractivity contribution is -0.384. The summed E-state index contributed by atoms with van der Waals surface area (Å²) >= 11 is 0. The Labute approximate surface area is 121 Å². The van der Waals surface area contributed by atoms with Crippen LogP contribution in [0.25, 0.3) is 0 Å². The molecule has 2 N–H and O–H groups in total. The molecule has 0 radical (unpaired) electrons. The van der Waals surface area contributed by atoms with E-state index in [0.717, 1.165) is 24.3 Å². The molecule has 9 nitrogen and oxygen atoms in total. The number of hydrogen-bond acceptors (Lipinski definition) is 6. The smallest absolute Gasteiger partial charge is 0.269 e. The zero-order chi connectivity index (χ0) is 16.0. The van der Waals surface area contributed by atoms with E-state index < -0.39 is 27.4 Å². The van der Waals surface area contributed by atoms with Gasteiger partial charge in [0.05, 0.1) is 16.4 Å². The minimum Gasteiger partial charge on any atom is -0.272 e. The predicted octanol–water partition coefficient (Wildman–Crippen LogP) is 0.385.